The highest BCUT2D eigenvalue weighted by atomic mass is 19.2. The largest absolute Gasteiger partial charge is 0.464 e. The van der Waals surface area contributed by atoms with Crippen LogP contribution < -0.4 is 5.32 Å². The van der Waals surface area contributed by atoms with Crippen LogP contribution in [0, 0.1) is 11.6 Å². The van der Waals surface area contributed by atoms with Crippen molar-refractivity contribution in [2.45, 2.75) is 19.4 Å². The Kier molecular flexibility index (Phi) is 2.67. The maximum atomic E-state index is 14.0. The molecule has 1 unspecified atom stereocenters. The molecule has 0 bridgehead atoms. The molecule has 0 radical (unpaired) electrons. The van der Waals surface area contributed by atoms with Crippen LogP contribution in [0.3, 0.4) is 0 Å². The first-order valence-electron chi connectivity index (χ1n) is 5.95. The summed E-state index contributed by atoms with van der Waals surface area (Å²) in [6.07, 6.45) is 4.01. The Morgan fingerprint density at radius 3 is 3.00 bits per heavy atom. The van der Waals surface area contributed by atoms with Crippen LogP contribution in [-0.4, -0.2) is 12.6 Å². The van der Waals surface area contributed by atoms with Crippen LogP contribution in [0.4, 0.5) is 8.78 Å². The third kappa shape index (κ3) is 1.73. The van der Waals surface area contributed by atoms with Gasteiger partial charge in [-0.3, -0.25) is 0 Å². The average Bonchev–Trinajstić information content (AvgIpc) is 2.78. The fourth-order valence-electron chi connectivity index (χ4n) is 2.41. The smallest absolute Gasteiger partial charge is 0.170 e. The van der Waals surface area contributed by atoms with Gasteiger partial charge in [0.25, 0.3) is 0 Å². The fraction of sp³-hybridized carbons (Fsp3) is 0.286. The van der Waals surface area contributed by atoms with E-state index >= 15 is 0 Å². The third-order valence-corrected chi connectivity index (χ3v) is 3.30. The normalized spacial score (nSPS) is 20.2. The van der Waals surface area contributed by atoms with E-state index in [0.717, 1.165) is 5.57 Å². The standard InChI is InChI=1S/C14H13F2NO/c1-8-6-9(2-4-17-8)12-13(16)11(15)7-10-3-5-18-14(10)12/h2-3,5,7-8,17H,4,6H2,1H3. The van der Waals surface area contributed by atoms with E-state index in [9.17, 15) is 8.78 Å². The molecule has 0 fully saturated rings. The number of rotatable bonds is 1. The Balaban J connectivity index is 2.24. The van der Waals surface area contributed by atoms with Crippen molar-refractivity contribution in [2.24, 2.45) is 0 Å². The van der Waals surface area contributed by atoms with Gasteiger partial charge in [0.2, 0.25) is 0 Å². The SMILES string of the molecule is CC1CC(c2c(F)c(F)cc3ccoc23)=CCN1. The third-order valence-electron chi connectivity index (χ3n) is 3.30. The summed E-state index contributed by atoms with van der Waals surface area (Å²) in [5, 5.41) is 3.83. The van der Waals surface area contributed by atoms with E-state index in [2.05, 4.69) is 5.32 Å². The van der Waals surface area contributed by atoms with Crippen molar-refractivity contribution >= 4 is 16.5 Å². The number of hydrogen-bond acceptors (Lipinski definition) is 2. The topological polar surface area (TPSA) is 25.2 Å². The van der Waals surface area contributed by atoms with Crippen LogP contribution >= 0.6 is 0 Å². The average molecular weight is 249 g/mol. The zero-order valence-corrected chi connectivity index (χ0v) is 9.97. The molecule has 4 heteroatoms. The summed E-state index contributed by atoms with van der Waals surface area (Å²) >= 11 is 0. The lowest BCUT2D eigenvalue weighted by molar-refractivity contribution is 0.502. The minimum atomic E-state index is -0.828. The van der Waals surface area contributed by atoms with Gasteiger partial charge >= 0.3 is 0 Å². The molecule has 0 saturated carbocycles. The molecule has 0 spiro atoms. The Hall–Kier alpha value is -1.68. The van der Waals surface area contributed by atoms with Crippen molar-refractivity contribution in [3.8, 4) is 0 Å². The van der Waals surface area contributed by atoms with Crippen LogP contribution in [0.5, 0.6) is 0 Å². The second-order valence-electron chi connectivity index (χ2n) is 4.63. The zero-order chi connectivity index (χ0) is 12.7. The van der Waals surface area contributed by atoms with Gasteiger partial charge < -0.3 is 9.73 Å². The molecule has 1 aromatic carbocycles. The highest BCUT2D eigenvalue weighted by Crippen LogP contribution is 2.33. The molecule has 2 heterocycles. The minimum Gasteiger partial charge on any atom is -0.464 e. The van der Waals surface area contributed by atoms with E-state index < -0.39 is 11.6 Å². The summed E-state index contributed by atoms with van der Waals surface area (Å²) in [6.45, 7) is 2.68. The van der Waals surface area contributed by atoms with Gasteiger partial charge in [-0.15, -0.1) is 0 Å². The Morgan fingerprint density at radius 1 is 1.39 bits per heavy atom. The summed E-state index contributed by atoms with van der Waals surface area (Å²) in [6, 6.07) is 3.06. The predicted octanol–water partition coefficient (Wildman–Crippen LogP) is 3.48. The first-order chi connectivity index (χ1) is 8.66. The van der Waals surface area contributed by atoms with Gasteiger partial charge in [0.1, 0.15) is 5.58 Å². The fourth-order valence-corrected chi connectivity index (χ4v) is 2.41. The van der Waals surface area contributed by atoms with Crippen molar-refractivity contribution in [2.75, 3.05) is 6.54 Å². The zero-order valence-electron chi connectivity index (χ0n) is 9.97. The number of benzene rings is 1. The molecule has 3 rings (SSSR count). The first-order valence-corrected chi connectivity index (χ1v) is 5.95. The lowest BCUT2D eigenvalue weighted by Crippen LogP contribution is -2.30. The molecule has 1 atom stereocenters. The summed E-state index contributed by atoms with van der Waals surface area (Å²) in [7, 11) is 0. The lowest BCUT2D eigenvalue weighted by Gasteiger charge is -2.21. The van der Waals surface area contributed by atoms with Gasteiger partial charge in [0.05, 0.1) is 11.8 Å². The number of furan rings is 1. The summed E-state index contributed by atoms with van der Waals surface area (Å²) in [4.78, 5) is 0. The second kappa shape index (κ2) is 4.21. The van der Waals surface area contributed by atoms with Gasteiger partial charge in [-0.05, 0) is 31.1 Å². The number of fused-ring (bicyclic) bond motifs is 1. The summed E-state index contributed by atoms with van der Waals surface area (Å²) < 4.78 is 32.9. The van der Waals surface area contributed by atoms with Gasteiger partial charge in [-0.2, -0.15) is 0 Å². The Bertz CT molecular complexity index is 630. The van der Waals surface area contributed by atoms with Crippen LogP contribution in [0.2, 0.25) is 0 Å². The van der Waals surface area contributed by atoms with E-state index in [4.69, 9.17) is 4.42 Å². The van der Waals surface area contributed by atoms with Gasteiger partial charge in [0.15, 0.2) is 11.6 Å². The van der Waals surface area contributed by atoms with Crippen LogP contribution in [-0.2, 0) is 0 Å². The van der Waals surface area contributed by atoms with E-state index in [0.29, 0.717) is 23.9 Å². The van der Waals surface area contributed by atoms with Crippen molar-refractivity contribution in [3.63, 3.8) is 0 Å². The molecule has 1 aliphatic rings. The molecular weight excluding hydrogens is 236 g/mol. The minimum absolute atomic E-state index is 0.248. The van der Waals surface area contributed by atoms with Crippen molar-refractivity contribution in [3.05, 3.63) is 41.7 Å². The highest BCUT2D eigenvalue weighted by molar-refractivity contribution is 5.90. The van der Waals surface area contributed by atoms with Gasteiger partial charge in [-0.1, -0.05) is 6.08 Å². The number of halogens is 2. The number of nitrogens with one attached hydrogen (secondary N) is 1. The van der Waals surface area contributed by atoms with Gasteiger partial charge in [0, 0.05) is 18.0 Å². The molecule has 18 heavy (non-hydrogen) atoms. The summed E-state index contributed by atoms with van der Waals surface area (Å²) in [5.74, 6) is -1.65. The molecule has 1 aromatic heterocycles. The van der Waals surface area contributed by atoms with E-state index in [1.165, 1.54) is 12.3 Å². The van der Waals surface area contributed by atoms with Crippen molar-refractivity contribution in [1.29, 1.82) is 0 Å². The molecule has 94 valence electrons. The van der Waals surface area contributed by atoms with E-state index in [-0.39, 0.29) is 11.6 Å². The summed E-state index contributed by atoms with van der Waals surface area (Å²) in [5.41, 5.74) is 1.50. The first kappa shape index (κ1) is 11.4. The Labute approximate surface area is 103 Å². The maximum Gasteiger partial charge on any atom is 0.170 e. The van der Waals surface area contributed by atoms with Gasteiger partial charge in [-0.25, -0.2) is 8.78 Å². The molecule has 0 saturated heterocycles. The molecule has 2 aromatic rings. The molecule has 1 aliphatic heterocycles. The van der Waals surface area contributed by atoms with E-state index in [1.807, 2.05) is 13.0 Å². The predicted molar refractivity (Wildman–Crippen MR) is 66.2 cm³/mol. The second-order valence-corrected chi connectivity index (χ2v) is 4.63. The molecule has 1 N–H and O–H groups in total. The molecule has 2 nitrogen and oxygen atoms in total. The molecular formula is C14H13F2NO. The van der Waals surface area contributed by atoms with Crippen molar-refractivity contribution in [1.82, 2.24) is 5.32 Å². The Morgan fingerprint density at radius 2 is 2.22 bits per heavy atom. The van der Waals surface area contributed by atoms with Crippen LogP contribution in [0.1, 0.15) is 18.9 Å². The monoisotopic (exact) mass is 249 g/mol. The molecule has 0 amide bonds. The van der Waals surface area contributed by atoms with Crippen LogP contribution in [0.15, 0.2) is 28.9 Å². The lowest BCUT2D eigenvalue weighted by atomic mass is 9.94. The molecule has 0 aliphatic carbocycles. The van der Waals surface area contributed by atoms with Crippen LogP contribution in [0.25, 0.3) is 16.5 Å². The van der Waals surface area contributed by atoms with E-state index in [1.54, 1.807) is 6.07 Å². The quantitative estimate of drug-likeness (QED) is 0.837. The van der Waals surface area contributed by atoms with Crippen molar-refractivity contribution < 1.29 is 13.2 Å². The highest BCUT2D eigenvalue weighted by Gasteiger charge is 2.22. The number of hydrogen-bond donors (Lipinski definition) is 1. The maximum absolute atomic E-state index is 14.0.